The Morgan fingerprint density at radius 2 is 2.04 bits per heavy atom. The van der Waals surface area contributed by atoms with Crippen molar-refractivity contribution in [3.8, 4) is 17.6 Å². The van der Waals surface area contributed by atoms with E-state index >= 15 is 0 Å². The summed E-state index contributed by atoms with van der Waals surface area (Å²) < 4.78 is 16.2. The number of methoxy groups -OCH3 is 2. The van der Waals surface area contributed by atoms with E-state index in [1.807, 2.05) is 0 Å². The van der Waals surface area contributed by atoms with E-state index in [0.29, 0.717) is 36.0 Å². The first-order valence-corrected chi connectivity index (χ1v) is 8.87. The SMILES string of the molecule is COC(=O)C1(c2ccc(OC)c(OCC3CC3)c2)CC(C#N)CCC1=O. The van der Waals surface area contributed by atoms with Crippen molar-refractivity contribution in [3.05, 3.63) is 23.8 Å². The van der Waals surface area contributed by atoms with E-state index in [1.165, 1.54) is 7.11 Å². The fourth-order valence-corrected chi connectivity index (χ4v) is 3.53. The maximum Gasteiger partial charge on any atom is 0.323 e. The molecule has 2 saturated carbocycles. The van der Waals surface area contributed by atoms with Crippen molar-refractivity contribution in [2.75, 3.05) is 20.8 Å². The van der Waals surface area contributed by atoms with Gasteiger partial charge in [0, 0.05) is 12.3 Å². The van der Waals surface area contributed by atoms with Crippen molar-refractivity contribution in [3.63, 3.8) is 0 Å². The van der Waals surface area contributed by atoms with E-state index in [4.69, 9.17) is 14.2 Å². The average Bonchev–Trinajstić information content (AvgIpc) is 3.50. The first-order valence-electron chi connectivity index (χ1n) is 8.87. The van der Waals surface area contributed by atoms with Gasteiger partial charge in [0.1, 0.15) is 0 Å². The van der Waals surface area contributed by atoms with Crippen LogP contribution < -0.4 is 9.47 Å². The van der Waals surface area contributed by atoms with Crippen LogP contribution in [0.15, 0.2) is 18.2 Å². The fraction of sp³-hybridized carbons (Fsp3) is 0.550. The number of benzene rings is 1. The van der Waals surface area contributed by atoms with E-state index in [2.05, 4.69) is 6.07 Å². The molecule has 1 aromatic carbocycles. The molecule has 2 aliphatic rings. The highest BCUT2D eigenvalue weighted by molar-refractivity contribution is 6.10. The third-order valence-electron chi connectivity index (χ3n) is 5.29. The van der Waals surface area contributed by atoms with Crippen molar-refractivity contribution in [2.24, 2.45) is 11.8 Å². The average molecular weight is 357 g/mol. The summed E-state index contributed by atoms with van der Waals surface area (Å²) >= 11 is 0. The highest BCUT2D eigenvalue weighted by atomic mass is 16.5. The molecule has 0 aromatic heterocycles. The maximum atomic E-state index is 12.8. The molecule has 2 unspecified atom stereocenters. The van der Waals surface area contributed by atoms with Gasteiger partial charge in [-0.1, -0.05) is 6.07 Å². The van der Waals surface area contributed by atoms with Crippen molar-refractivity contribution in [1.29, 1.82) is 5.26 Å². The fourth-order valence-electron chi connectivity index (χ4n) is 3.53. The number of Topliss-reactive ketones (excluding diaryl/α,β-unsaturated/α-hetero) is 1. The zero-order chi connectivity index (χ0) is 18.7. The highest BCUT2D eigenvalue weighted by Gasteiger charge is 2.52. The lowest BCUT2D eigenvalue weighted by molar-refractivity contribution is -0.154. The van der Waals surface area contributed by atoms with Crippen molar-refractivity contribution >= 4 is 11.8 Å². The number of hydrogen-bond acceptors (Lipinski definition) is 6. The molecule has 1 aromatic rings. The number of hydrogen-bond donors (Lipinski definition) is 0. The van der Waals surface area contributed by atoms with Crippen LogP contribution in [0, 0.1) is 23.2 Å². The van der Waals surface area contributed by atoms with Crippen LogP contribution in [0.5, 0.6) is 11.5 Å². The second kappa shape index (κ2) is 7.36. The third-order valence-corrected chi connectivity index (χ3v) is 5.29. The summed E-state index contributed by atoms with van der Waals surface area (Å²) in [6, 6.07) is 7.28. The smallest absolute Gasteiger partial charge is 0.323 e. The van der Waals surface area contributed by atoms with Gasteiger partial charge < -0.3 is 14.2 Å². The summed E-state index contributed by atoms with van der Waals surface area (Å²) in [5.74, 6) is 0.401. The predicted molar refractivity (Wildman–Crippen MR) is 92.9 cm³/mol. The molecular formula is C20H23NO5. The Bertz CT molecular complexity index is 739. The number of nitrogens with zero attached hydrogens (tertiary/aromatic N) is 1. The molecule has 138 valence electrons. The van der Waals surface area contributed by atoms with Gasteiger partial charge in [0.15, 0.2) is 22.7 Å². The van der Waals surface area contributed by atoms with Gasteiger partial charge in [0.2, 0.25) is 0 Å². The Kier molecular flexibility index (Phi) is 5.17. The number of nitriles is 1. The molecule has 0 aliphatic heterocycles. The molecule has 3 rings (SSSR count). The largest absolute Gasteiger partial charge is 0.493 e. The quantitative estimate of drug-likeness (QED) is 0.575. The van der Waals surface area contributed by atoms with E-state index in [-0.39, 0.29) is 24.5 Å². The second-order valence-corrected chi connectivity index (χ2v) is 7.01. The van der Waals surface area contributed by atoms with Crippen LogP contribution in [0.1, 0.15) is 37.7 Å². The lowest BCUT2D eigenvalue weighted by Gasteiger charge is -2.35. The molecule has 2 fully saturated rings. The standard InChI is InChI=1S/C20H23NO5/c1-24-16-7-6-15(9-17(16)26-12-13-3-4-13)20(19(23)25-2)10-14(11-21)5-8-18(20)22/h6-7,9,13-14H,3-5,8,10,12H2,1-2H3. The first kappa shape index (κ1) is 18.2. The van der Waals surface area contributed by atoms with Gasteiger partial charge in [-0.15, -0.1) is 0 Å². The number of carbonyl (C=O) groups excluding carboxylic acids is 2. The van der Waals surface area contributed by atoms with Crippen LogP contribution in [0.3, 0.4) is 0 Å². The molecule has 2 atom stereocenters. The zero-order valence-corrected chi connectivity index (χ0v) is 15.1. The van der Waals surface area contributed by atoms with Crippen LogP contribution in [-0.4, -0.2) is 32.6 Å². The molecule has 0 N–H and O–H groups in total. The van der Waals surface area contributed by atoms with Crippen molar-refractivity contribution in [1.82, 2.24) is 0 Å². The molecule has 0 heterocycles. The minimum absolute atomic E-state index is 0.128. The van der Waals surface area contributed by atoms with Crippen LogP contribution in [-0.2, 0) is 19.7 Å². The van der Waals surface area contributed by atoms with Crippen molar-refractivity contribution in [2.45, 2.75) is 37.5 Å². The van der Waals surface area contributed by atoms with Gasteiger partial charge >= 0.3 is 5.97 Å². The number of ether oxygens (including phenoxy) is 3. The normalized spacial score (nSPS) is 25.3. The molecule has 0 bridgehead atoms. The minimum Gasteiger partial charge on any atom is -0.493 e. The van der Waals surface area contributed by atoms with E-state index in [0.717, 1.165) is 12.8 Å². The summed E-state index contributed by atoms with van der Waals surface area (Å²) in [4.78, 5) is 25.5. The van der Waals surface area contributed by atoms with Gasteiger partial charge in [-0.05, 0) is 49.3 Å². The van der Waals surface area contributed by atoms with Gasteiger partial charge in [0.25, 0.3) is 0 Å². The van der Waals surface area contributed by atoms with E-state index in [1.54, 1.807) is 25.3 Å². The Labute approximate surface area is 153 Å². The zero-order valence-electron chi connectivity index (χ0n) is 15.1. The number of ketones is 1. The van der Waals surface area contributed by atoms with Gasteiger partial charge in [-0.25, -0.2) is 0 Å². The Morgan fingerprint density at radius 3 is 2.65 bits per heavy atom. The summed E-state index contributed by atoms with van der Waals surface area (Å²) in [5.41, 5.74) is -0.960. The molecule has 0 saturated heterocycles. The van der Waals surface area contributed by atoms with Crippen LogP contribution in [0.25, 0.3) is 0 Å². The lowest BCUT2D eigenvalue weighted by atomic mass is 9.65. The maximum absolute atomic E-state index is 12.8. The summed E-state index contributed by atoms with van der Waals surface area (Å²) in [5, 5.41) is 9.34. The van der Waals surface area contributed by atoms with E-state index < -0.39 is 11.4 Å². The number of rotatable bonds is 6. The Hall–Kier alpha value is -2.55. The highest BCUT2D eigenvalue weighted by Crippen LogP contribution is 2.43. The van der Waals surface area contributed by atoms with Crippen LogP contribution in [0.2, 0.25) is 0 Å². The first-order chi connectivity index (χ1) is 12.5. The van der Waals surface area contributed by atoms with Gasteiger partial charge in [-0.3, -0.25) is 9.59 Å². The summed E-state index contributed by atoms with van der Waals surface area (Å²) in [6.45, 7) is 0.583. The van der Waals surface area contributed by atoms with E-state index in [9.17, 15) is 14.9 Å². The number of esters is 1. The topological polar surface area (TPSA) is 85.6 Å². The summed E-state index contributed by atoms with van der Waals surface area (Å²) in [6.07, 6.45) is 3.07. The molecular weight excluding hydrogens is 334 g/mol. The van der Waals surface area contributed by atoms with Gasteiger partial charge in [-0.2, -0.15) is 5.26 Å². The Morgan fingerprint density at radius 1 is 1.27 bits per heavy atom. The predicted octanol–water partition coefficient (Wildman–Crippen LogP) is 2.79. The van der Waals surface area contributed by atoms with Crippen molar-refractivity contribution < 1.29 is 23.8 Å². The Balaban J connectivity index is 2.03. The van der Waals surface area contributed by atoms with Crippen LogP contribution >= 0.6 is 0 Å². The molecule has 0 radical (unpaired) electrons. The third kappa shape index (κ3) is 3.26. The molecule has 0 amide bonds. The lowest BCUT2D eigenvalue weighted by Crippen LogP contribution is -2.48. The summed E-state index contributed by atoms with van der Waals surface area (Å²) in [7, 11) is 2.81. The van der Waals surface area contributed by atoms with Gasteiger partial charge in [0.05, 0.1) is 26.9 Å². The second-order valence-electron chi connectivity index (χ2n) is 7.01. The molecule has 6 heteroatoms. The molecule has 6 nitrogen and oxygen atoms in total. The molecule has 26 heavy (non-hydrogen) atoms. The minimum atomic E-state index is -1.46. The van der Waals surface area contributed by atoms with Crippen LogP contribution in [0.4, 0.5) is 0 Å². The molecule has 2 aliphatic carbocycles. The number of carbonyl (C=O) groups is 2. The molecule has 0 spiro atoms. The monoisotopic (exact) mass is 357 g/mol.